The number of aromatic hydroxyl groups is 1. The summed E-state index contributed by atoms with van der Waals surface area (Å²) in [4.78, 5) is 9.44. The summed E-state index contributed by atoms with van der Waals surface area (Å²) in [6, 6.07) is 5.55. The molecule has 0 fully saturated rings. The van der Waals surface area contributed by atoms with Crippen molar-refractivity contribution in [1.29, 1.82) is 0 Å². The molecule has 5 heteroatoms. The Morgan fingerprint density at radius 3 is 2.25 bits per heavy atom. The van der Waals surface area contributed by atoms with Crippen molar-refractivity contribution in [3.8, 4) is 5.75 Å². The third kappa shape index (κ3) is 2.75. The lowest BCUT2D eigenvalue weighted by molar-refractivity contribution is -0.385. The number of hydrogen-bond acceptors (Lipinski definition) is 3. The summed E-state index contributed by atoms with van der Waals surface area (Å²) in [7, 11) is 0. The van der Waals surface area contributed by atoms with Crippen molar-refractivity contribution in [2.45, 2.75) is 0 Å². The summed E-state index contributed by atoms with van der Waals surface area (Å²) in [5, 5.41) is 18.9. The van der Waals surface area contributed by atoms with Crippen molar-refractivity contribution in [3.05, 3.63) is 34.4 Å². The first-order valence-electron chi connectivity index (χ1n) is 3.02. The fourth-order valence-electron chi connectivity index (χ4n) is 0.619. The average Bonchev–Trinajstić information content (AvgIpc) is 2.08. The van der Waals surface area contributed by atoms with Crippen LogP contribution in [0.3, 0.4) is 0 Å². The Labute approximate surface area is 74.6 Å². The normalized spacial score (nSPS) is 8.17. The summed E-state index contributed by atoms with van der Waals surface area (Å²) in [5.74, 6) is -0.299. The Hall–Kier alpha value is -1.29. The van der Waals surface area contributed by atoms with Crippen molar-refractivity contribution in [2.75, 3.05) is 6.38 Å². The summed E-state index contributed by atoms with van der Waals surface area (Å²) in [6.07, 6.45) is 1.47. The minimum absolute atomic E-state index is 0.262. The molecule has 1 rings (SSSR count). The molecule has 66 valence electrons. The number of alkyl halides is 1. The molecule has 0 spiro atoms. The van der Waals surface area contributed by atoms with Gasteiger partial charge in [0.15, 0.2) is 5.75 Å². The van der Waals surface area contributed by atoms with Crippen LogP contribution in [-0.4, -0.2) is 16.4 Å². The van der Waals surface area contributed by atoms with Gasteiger partial charge in [-0.1, -0.05) is 12.1 Å². The lowest BCUT2D eigenvalue weighted by atomic mass is 10.3. The zero-order valence-electron chi connectivity index (χ0n) is 6.40. The molecule has 0 bridgehead atoms. The van der Waals surface area contributed by atoms with Crippen molar-refractivity contribution in [2.24, 2.45) is 0 Å². The van der Waals surface area contributed by atoms with Gasteiger partial charge in [0.1, 0.15) is 0 Å². The fourth-order valence-corrected chi connectivity index (χ4v) is 0.619. The van der Waals surface area contributed by atoms with Gasteiger partial charge in [-0.3, -0.25) is 10.1 Å². The number of phenolic OH excluding ortho intramolecular Hbond substituents is 1. The average molecular weight is 190 g/mol. The van der Waals surface area contributed by atoms with Crippen LogP contribution in [-0.2, 0) is 0 Å². The second-order valence-corrected chi connectivity index (χ2v) is 1.75. The van der Waals surface area contributed by atoms with Gasteiger partial charge >= 0.3 is 5.69 Å². The van der Waals surface area contributed by atoms with E-state index in [1.165, 1.54) is 30.6 Å². The summed E-state index contributed by atoms with van der Waals surface area (Å²) in [6.45, 7) is 0. The summed E-state index contributed by atoms with van der Waals surface area (Å²) >= 11 is 4.64. The standard InChI is InChI=1S/C6H5NO3.CH3Cl/c8-6-4-2-1-3-5(6)7(9)10;1-2/h1-4,8H;1H3. The van der Waals surface area contributed by atoms with Crippen molar-refractivity contribution in [1.82, 2.24) is 0 Å². The number of para-hydroxylation sites is 2. The lowest BCUT2D eigenvalue weighted by Gasteiger charge is -1.91. The molecule has 0 heterocycles. The minimum atomic E-state index is -0.630. The molecule has 1 aromatic rings. The van der Waals surface area contributed by atoms with Crippen LogP contribution in [0, 0.1) is 10.1 Å². The van der Waals surface area contributed by atoms with Gasteiger partial charge in [-0.15, -0.1) is 11.6 Å². The van der Waals surface area contributed by atoms with Crippen LogP contribution >= 0.6 is 11.6 Å². The van der Waals surface area contributed by atoms with Gasteiger partial charge in [0.25, 0.3) is 0 Å². The van der Waals surface area contributed by atoms with Gasteiger partial charge in [-0.05, 0) is 6.07 Å². The van der Waals surface area contributed by atoms with Crippen LogP contribution in [0.5, 0.6) is 5.75 Å². The van der Waals surface area contributed by atoms with Gasteiger partial charge < -0.3 is 5.11 Å². The zero-order valence-corrected chi connectivity index (χ0v) is 7.15. The summed E-state index contributed by atoms with van der Waals surface area (Å²) in [5.41, 5.74) is -0.262. The molecule has 0 radical (unpaired) electrons. The summed E-state index contributed by atoms with van der Waals surface area (Å²) < 4.78 is 0. The highest BCUT2D eigenvalue weighted by Crippen LogP contribution is 2.23. The van der Waals surface area contributed by atoms with Gasteiger partial charge in [0.05, 0.1) is 4.92 Å². The maximum Gasteiger partial charge on any atom is 0.310 e. The molecule has 0 aliphatic carbocycles. The molecule has 0 amide bonds. The highest BCUT2D eigenvalue weighted by atomic mass is 35.5. The molecule has 12 heavy (non-hydrogen) atoms. The second-order valence-electron chi connectivity index (χ2n) is 1.75. The predicted octanol–water partition coefficient (Wildman–Crippen LogP) is 2.16. The number of benzene rings is 1. The Morgan fingerprint density at radius 2 is 1.92 bits per heavy atom. The van der Waals surface area contributed by atoms with Crippen molar-refractivity contribution >= 4 is 17.3 Å². The molecule has 0 saturated heterocycles. The van der Waals surface area contributed by atoms with Crippen LogP contribution in [0.4, 0.5) is 5.69 Å². The highest BCUT2D eigenvalue weighted by Gasteiger charge is 2.09. The van der Waals surface area contributed by atoms with E-state index in [1.807, 2.05) is 0 Å². The fraction of sp³-hybridized carbons (Fsp3) is 0.143. The first kappa shape index (κ1) is 10.7. The zero-order chi connectivity index (χ0) is 9.56. The number of nitrogens with zero attached hydrogens (tertiary/aromatic N) is 1. The molecule has 1 aromatic carbocycles. The Morgan fingerprint density at radius 1 is 1.42 bits per heavy atom. The first-order valence-corrected chi connectivity index (χ1v) is 3.77. The van der Waals surface area contributed by atoms with Gasteiger partial charge in [0, 0.05) is 12.4 Å². The maximum absolute atomic E-state index is 10.1. The van der Waals surface area contributed by atoms with Crippen LogP contribution in [0.1, 0.15) is 0 Å². The van der Waals surface area contributed by atoms with Gasteiger partial charge in [0.2, 0.25) is 0 Å². The molecular weight excluding hydrogens is 182 g/mol. The Bertz CT molecular complexity index is 265. The molecule has 4 nitrogen and oxygen atoms in total. The number of nitro benzene ring substituents is 1. The quantitative estimate of drug-likeness (QED) is 0.418. The van der Waals surface area contributed by atoms with Crippen molar-refractivity contribution in [3.63, 3.8) is 0 Å². The molecule has 0 atom stereocenters. The largest absolute Gasteiger partial charge is 0.502 e. The molecule has 0 unspecified atom stereocenters. The number of nitro groups is 1. The van der Waals surface area contributed by atoms with Crippen molar-refractivity contribution < 1.29 is 10.0 Å². The van der Waals surface area contributed by atoms with E-state index in [0.717, 1.165) is 0 Å². The maximum atomic E-state index is 10.1. The van der Waals surface area contributed by atoms with Crippen LogP contribution < -0.4 is 0 Å². The highest BCUT2D eigenvalue weighted by molar-refractivity contribution is 6.15. The van der Waals surface area contributed by atoms with Gasteiger partial charge in [-0.2, -0.15) is 0 Å². The number of hydrogen-bond donors (Lipinski definition) is 1. The molecule has 0 aliphatic heterocycles. The molecule has 0 saturated carbocycles. The van der Waals surface area contributed by atoms with Crippen LogP contribution in [0.25, 0.3) is 0 Å². The van der Waals surface area contributed by atoms with E-state index < -0.39 is 4.92 Å². The van der Waals surface area contributed by atoms with Gasteiger partial charge in [-0.25, -0.2) is 0 Å². The topological polar surface area (TPSA) is 63.4 Å². The Balaban J connectivity index is 0.000000561. The third-order valence-corrected chi connectivity index (χ3v) is 1.08. The molecular formula is C7H8ClNO3. The second kappa shape index (κ2) is 5.37. The van der Waals surface area contributed by atoms with E-state index >= 15 is 0 Å². The number of rotatable bonds is 1. The smallest absolute Gasteiger partial charge is 0.310 e. The SMILES string of the molecule is CCl.O=[N+]([O-])c1ccccc1O. The van der Waals surface area contributed by atoms with E-state index in [2.05, 4.69) is 11.6 Å². The minimum Gasteiger partial charge on any atom is -0.502 e. The molecule has 0 aromatic heterocycles. The van der Waals surface area contributed by atoms with Crippen LogP contribution in [0.15, 0.2) is 24.3 Å². The van der Waals surface area contributed by atoms with E-state index in [0.29, 0.717) is 0 Å². The predicted molar refractivity (Wildman–Crippen MR) is 46.5 cm³/mol. The van der Waals surface area contributed by atoms with E-state index in [4.69, 9.17) is 5.11 Å². The monoisotopic (exact) mass is 189 g/mol. The van der Waals surface area contributed by atoms with E-state index in [9.17, 15) is 10.1 Å². The lowest BCUT2D eigenvalue weighted by Crippen LogP contribution is -1.86. The van der Waals surface area contributed by atoms with E-state index in [-0.39, 0.29) is 11.4 Å². The van der Waals surface area contributed by atoms with E-state index in [1.54, 1.807) is 0 Å². The molecule has 0 aliphatic rings. The first-order chi connectivity index (χ1) is 5.72. The third-order valence-electron chi connectivity index (χ3n) is 1.08. The number of phenols is 1. The molecule has 1 N–H and O–H groups in total. The Kier molecular flexibility index (Phi) is 4.79. The van der Waals surface area contributed by atoms with Crippen LogP contribution in [0.2, 0.25) is 0 Å². The number of halogens is 1.